The van der Waals surface area contributed by atoms with Crippen molar-refractivity contribution < 1.29 is 4.79 Å². The summed E-state index contributed by atoms with van der Waals surface area (Å²) in [7, 11) is 0. The molecule has 2 heterocycles. The number of rotatable bonds is 2. The normalized spacial score (nSPS) is 14.8. The first kappa shape index (κ1) is 17.0. The highest BCUT2D eigenvalue weighted by Gasteiger charge is 2.23. The minimum absolute atomic E-state index is 0.110. The Morgan fingerprint density at radius 1 is 1.04 bits per heavy atom. The molecule has 0 radical (unpaired) electrons. The number of amides is 1. The second-order valence-corrected chi connectivity index (χ2v) is 7.25. The van der Waals surface area contributed by atoms with Crippen LogP contribution in [0.1, 0.15) is 27.0 Å². The Morgan fingerprint density at radius 3 is 2.38 bits per heavy atom. The van der Waals surface area contributed by atoms with Gasteiger partial charge in [0, 0.05) is 42.4 Å². The summed E-state index contributed by atoms with van der Waals surface area (Å²) in [5.41, 5.74) is 4.21. The van der Waals surface area contributed by atoms with Gasteiger partial charge < -0.3 is 9.80 Å². The number of pyridine rings is 1. The van der Waals surface area contributed by atoms with Crippen LogP contribution in [-0.4, -0.2) is 42.0 Å². The predicted octanol–water partition coefficient (Wildman–Crippen LogP) is 3.73. The zero-order valence-corrected chi connectivity index (χ0v) is 15.9. The van der Waals surface area contributed by atoms with E-state index in [1.165, 1.54) is 11.1 Å². The maximum Gasteiger partial charge on any atom is 0.253 e. The van der Waals surface area contributed by atoms with Crippen LogP contribution in [0.4, 0.5) is 5.82 Å². The Balaban J connectivity index is 1.68. The van der Waals surface area contributed by atoms with Gasteiger partial charge in [-0.15, -0.1) is 0 Å². The number of halogens is 1. The minimum Gasteiger partial charge on any atom is -0.353 e. The van der Waals surface area contributed by atoms with Gasteiger partial charge in [0.25, 0.3) is 5.91 Å². The van der Waals surface area contributed by atoms with E-state index < -0.39 is 0 Å². The molecule has 1 aliphatic heterocycles. The second-order valence-electron chi connectivity index (χ2n) is 6.40. The predicted molar refractivity (Wildman–Crippen MR) is 101 cm³/mol. The third-order valence-corrected chi connectivity index (χ3v) is 5.35. The average Bonchev–Trinajstić information content (AvgIpc) is 2.57. The molecule has 0 aliphatic carbocycles. The van der Waals surface area contributed by atoms with E-state index in [4.69, 9.17) is 0 Å². The number of carbonyl (C=O) groups excluding carboxylic acids is 1. The molecule has 0 unspecified atom stereocenters. The maximum atomic E-state index is 12.7. The standard InChI is InChI=1S/C19H22BrN3O/c1-13-10-15(3)18(21-12-13)22-6-8-23(9-7-22)19(24)16-4-5-17(20)14(2)11-16/h4-5,10-12H,6-9H2,1-3H3. The van der Waals surface area contributed by atoms with Crippen molar-refractivity contribution in [2.24, 2.45) is 0 Å². The molecule has 1 fully saturated rings. The van der Waals surface area contributed by atoms with Gasteiger partial charge in [-0.2, -0.15) is 0 Å². The molecular weight excluding hydrogens is 366 g/mol. The molecule has 1 aromatic heterocycles. The first-order valence-corrected chi connectivity index (χ1v) is 8.98. The lowest BCUT2D eigenvalue weighted by molar-refractivity contribution is 0.0746. The van der Waals surface area contributed by atoms with Crippen LogP contribution < -0.4 is 4.90 Å². The van der Waals surface area contributed by atoms with Gasteiger partial charge in [0.15, 0.2) is 0 Å². The third-order valence-electron chi connectivity index (χ3n) is 4.46. The van der Waals surface area contributed by atoms with Crippen LogP contribution in [0, 0.1) is 20.8 Å². The van der Waals surface area contributed by atoms with Crippen molar-refractivity contribution in [2.75, 3.05) is 31.1 Å². The van der Waals surface area contributed by atoms with Gasteiger partial charge in [0.1, 0.15) is 5.82 Å². The summed E-state index contributed by atoms with van der Waals surface area (Å²) in [6.07, 6.45) is 1.91. The number of piperazine rings is 1. The maximum absolute atomic E-state index is 12.7. The Labute approximate surface area is 151 Å². The van der Waals surface area contributed by atoms with E-state index >= 15 is 0 Å². The van der Waals surface area contributed by atoms with Crippen molar-refractivity contribution in [3.05, 3.63) is 57.2 Å². The summed E-state index contributed by atoms with van der Waals surface area (Å²) in [4.78, 5) is 21.5. The van der Waals surface area contributed by atoms with E-state index in [1.54, 1.807) is 0 Å². The van der Waals surface area contributed by atoms with E-state index in [0.29, 0.717) is 0 Å². The number of benzene rings is 1. The number of hydrogen-bond donors (Lipinski definition) is 0. The van der Waals surface area contributed by atoms with E-state index in [2.05, 4.69) is 45.7 Å². The summed E-state index contributed by atoms with van der Waals surface area (Å²) in [6.45, 7) is 9.24. The molecular formula is C19H22BrN3O. The second kappa shape index (κ2) is 6.93. The topological polar surface area (TPSA) is 36.4 Å². The number of aryl methyl sites for hydroxylation is 3. The van der Waals surface area contributed by atoms with Crippen molar-refractivity contribution in [2.45, 2.75) is 20.8 Å². The van der Waals surface area contributed by atoms with Crippen molar-refractivity contribution in [3.8, 4) is 0 Å². The Bertz CT molecular complexity index is 767. The molecule has 1 amide bonds. The van der Waals surface area contributed by atoms with E-state index in [1.807, 2.05) is 36.2 Å². The fourth-order valence-corrected chi connectivity index (χ4v) is 3.37. The number of carbonyl (C=O) groups is 1. The van der Waals surface area contributed by atoms with Gasteiger partial charge in [-0.05, 0) is 55.7 Å². The van der Waals surface area contributed by atoms with E-state index in [0.717, 1.165) is 47.6 Å². The van der Waals surface area contributed by atoms with Crippen molar-refractivity contribution in [1.29, 1.82) is 0 Å². The Hall–Kier alpha value is -1.88. The van der Waals surface area contributed by atoms with Crippen LogP contribution in [0.25, 0.3) is 0 Å². The molecule has 1 saturated heterocycles. The van der Waals surface area contributed by atoms with Gasteiger partial charge in [0.05, 0.1) is 0 Å². The van der Waals surface area contributed by atoms with E-state index in [9.17, 15) is 4.79 Å². The van der Waals surface area contributed by atoms with Gasteiger partial charge in [-0.25, -0.2) is 4.98 Å². The number of nitrogens with zero attached hydrogens (tertiary/aromatic N) is 3. The summed E-state index contributed by atoms with van der Waals surface area (Å²) >= 11 is 3.48. The van der Waals surface area contributed by atoms with Gasteiger partial charge >= 0.3 is 0 Å². The Morgan fingerprint density at radius 2 is 1.75 bits per heavy atom. The van der Waals surface area contributed by atoms with Gasteiger partial charge in [0.2, 0.25) is 0 Å². The molecule has 5 heteroatoms. The summed E-state index contributed by atoms with van der Waals surface area (Å²) < 4.78 is 1.03. The van der Waals surface area contributed by atoms with Crippen LogP contribution >= 0.6 is 15.9 Å². The molecule has 0 saturated carbocycles. The highest BCUT2D eigenvalue weighted by molar-refractivity contribution is 9.10. The quantitative estimate of drug-likeness (QED) is 0.787. The monoisotopic (exact) mass is 387 g/mol. The highest BCUT2D eigenvalue weighted by atomic mass is 79.9. The van der Waals surface area contributed by atoms with Crippen LogP contribution in [0.3, 0.4) is 0 Å². The smallest absolute Gasteiger partial charge is 0.253 e. The summed E-state index contributed by atoms with van der Waals surface area (Å²) in [6, 6.07) is 7.94. The Kier molecular flexibility index (Phi) is 4.90. The lowest BCUT2D eigenvalue weighted by Gasteiger charge is -2.36. The van der Waals surface area contributed by atoms with Crippen molar-refractivity contribution >= 4 is 27.7 Å². The molecule has 4 nitrogen and oxygen atoms in total. The summed E-state index contributed by atoms with van der Waals surface area (Å²) in [5, 5.41) is 0. The molecule has 0 spiro atoms. The SMILES string of the molecule is Cc1cnc(N2CCN(C(=O)c3ccc(Br)c(C)c3)CC2)c(C)c1. The number of hydrogen-bond acceptors (Lipinski definition) is 3. The van der Waals surface area contributed by atoms with Crippen LogP contribution in [0.15, 0.2) is 34.9 Å². The lowest BCUT2D eigenvalue weighted by atomic mass is 10.1. The molecule has 3 rings (SSSR count). The molecule has 0 atom stereocenters. The molecule has 24 heavy (non-hydrogen) atoms. The fourth-order valence-electron chi connectivity index (χ4n) is 3.12. The molecule has 2 aromatic rings. The van der Waals surface area contributed by atoms with Crippen molar-refractivity contribution in [3.63, 3.8) is 0 Å². The van der Waals surface area contributed by atoms with Crippen LogP contribution in [-0.2, 0) is 0 Å². The summed E-state index contributed by atoms with van der Waals surface area (Å²) in [5.74, 6) is 1.14. The van der Waals surface area contributed by atoms with Gasteiger partial charge in [-0.3, -0.25) is 4.79 Å². The fraction of sp³-hybridized carbons (Fsp3) is 0.368. The zero-order valence-electron chi connectivity index (χ0n) is 14.3. The molecule has 0 N–H and O–H groups in total. The molecule has 126 valence electrons. The average molecular weight is 388 g/mol. The lowest BCUT2D eigenvalue weighted by Crippen LogP contribution is -2.49. The van der Waals surface area contributed by atoms with Crippen LogP contribution in [0.5, 0.6) is 0 Å². The highest BCUT2D eigenvalue weighted by Crippen LogP contribution is 2.21. The molecule has 1 aliphatic rings. The minimum atomic E-state index is 0.110. The molecule has 1 aromatic carbocycles. The van der Waals surface area contributed by atoms with Crippen LogP contribution in [0.2, 0.25) is 0 Å². The molecule has 0 bridgehead atoms. The first-order valence-electron chi connectivity index (χ1n) is 8.19. The number of aromatic nitrogens is 1. The first-order chi connectivity index (χ1) is 11.5. The largest absolute Gasteiger partial charge is 0.353 e. The van der Waals surface area contributed by atoms with E-state index in [-0.39, 0.29) is 5.91 Å². The number of anilines is 1. The zero-order chi connectivity index (χ0) is 17.3. The van der Waals surface area contributed by atoms with Gasteiger partial charge in [-0.1, -0.05) is 22.0 Å². The third kappa shape index (κ3) is 3.46. The van der Waals surface area contributed by atoms with Crippen molar-refractivity contribution in [1.82, 2.24) is 9.88 Å².